The van der Waals surface area contributed by atoms with Gasteiger partial charge in [-0.2, -0.15) is 0 Å². The Balaban J connectivity index is 2.28. The minimum absolute atomic E-state index is 0.230. The van der Waals surface area contributed by atoms with Gasteiger partial charge in [-0.1, -0.05) is 24.6 Å². The van der Waals surface area contributed by atoms with Crippen molar-refractivity contribution in [1.82, 2.24) is 0 Å². The smallest absolute Gasteiger partial charge is 0.487 e. The minimum atomic E-state index is -0.763. The zero-order chi connectivity index (χ0) is 18.4. The summed E-state index contributed by atoms with van der Waals surface area (Å²) in [6.45, 7) is 4.35. The van der Waals surface area contributed by atoms with Gasteiger partial charge in [0.05, 0.1) is 12.1 Å². The second kappa shape index (κ2) is 9.02. The van der Waals surface area contributed by atoms with Crippen molar-refractivity contribution in [1.29, 1.82) is 0 Å². The minimum Gasteiger partial charge on any atom is -0.487 e. The largest absolute Gasteiger partial charge is 0.513 e. The Morgan fingerprint density at radius 2 is 2.00 bits per heavy atom. The van der Waals surface area contributed by atoms with Crippen LogP contribution >= 0.6 is 23.4 Å². The Morgan fingerprint density at radius 1 is 1.24 bits per heavy atom. The summed E-state index contributed by atoms with van der Waals surface area (Å²) < 4.78 is 15.7. The molecule has 0 bridgehead atoms. The third kappa shape index (κ3) is 4.83. The zero-order valence-corrected chi connectivity index (χ0v) is 16.3. The van der Waals surface area contributed by atoms with E-state index in [-0.39, 0.29) is 6.61 Å². The molecule has 0 spiro atoms. The van der Waals surface area contributed by atoms with Gasteiger partial charge < -0.3 is 14.2 Å². The Hall–Kier alpha value is -1.85. The SMILES string of the molecule is CCc1cc(Cl)c(OCc2c(OC(=O)OC)cccc2SC)cc1C. The van der Waals surface area contributed by atoms with Crippen LogP contribution in [0.1, 0.15) is 23.6 Å². The second-order valence-electron chi connectivity index (χ2n) is 5.34. The number of rotatable bonds is 6. The van der Waals surface area contributed by atoms with Gasteiger partial charge in [0.15, 0.2) is 0 Å². The van der Waals surface area contributed by atoms with Gasteiger partial charge in [0.1, 0.15) is 18.1 Å². The third-order valence-electron chi connectivity index (χ3n) is 3.81. The van der Waals surface area contributed by atoms with E-state index < -0.39 is 6.16 Å². The number of carbonyl (C=O) groups excluding carboxylic acids is 1. The highest BCUT2D eigenvalue weighted by atomic mass is 35.5. The number of hydrogen-bond donors (Lipinski definition) is 0. The molecule has 0 amide bonds. The van der Waals surface area contributed by atoms with Crippen LogP contribution in [0.25, 0.3) is 0 Å². The summed E-state index contributed by atoms with van der Waals surface area (Å²) in [5.74, 6) is 1.02. The molecule has 0 aromatic heterocycles. The average molecular weight is 381 g/mol. The molecular formula is C19H21ClO4S. The molecule has 0 saturated heterocycles. The van der Waals surface area contributed by atoms with Crippen LogP contribution in [0.15, 0.2) is 35.2 Å². The second-order valence-corrected chi connectivity index (χ2v) is 6.60. The van der Waals surface area contributed by atoms with Gasteiger partial charge in [0, 0.05) is 10.5 Å². The van der Waals surface area contributed by atoms with Gasteiger partial charge >= 0.3 is 6.16 Å². The summed E-state index contributed by atoms with van der Waals surface area (Å²) in [7, 11) is 1.27. The monoisotopic (exact) mass is 380 g/mol. The number of methoxy groups -OCH3 is 1. The molecule has 0 unspecified atom stereocenters. The number of halogens is 1. The topological polar surface area (TPSA) is 44.8 Å². The molecule has 0 saturated carbocycles. The fraction of sp³-hybridized carbons (Fsp3) is 0.316. The maximum Gasteiger partial charge on any atom is 0.513 e. The molecule has 2 aromatic rings. The highest BCUT2D eigenvalue weighted by Crippen LogP contribution is 2.33. The summed E-state index contributed by atoms with van der Waals surface area (Å²) >= 11 is 7.88. The molecule has 4 nitrogen and oxygen atoms in total. The first-order valence-corrected chi connectivity index (χ1v) is 9.43. The van der Waals surface area contributed by atoms with E-state index in [4.69, 9.17) is 21.1 Å². The predicted molar refractivity (Wildman–Crippen MR) is 101 cm³/mol. The quantitative estimate of drug-likeness (QED) is 0.367. The Bertz CT molecular complexity index is 761. The molecule has 134 valence electrons. The van der Waals surface area contributed by atoms with E-state index >= 15 is 0 Å². The van der Waals surface area contributed by atoms with Crippen molar-refractivity contribution in [2.45, 2.75) is 31.8 Å². The molecule has 0 fully saturated rings. The first-order chi connectivity index (χ1) is 12.0. The molecule has 25 heavy (non-hydrogen) atoms. The van der Waals surface area contributed by atoms with E-state index in [0.717, 1.165) is 22.4 Å². The number of benzene rings is 2. The van der Waals surface area contributed by atoms with E-state index in [1.807, 2.05) is 37.4 Å². The lowest BCUT2D eigenvalue weighted by atomic mass is 10.1. The van der Waals surface area contributed by atoms with Crippen LogP contribution < -0.4 is 9.47 Å². The van der Waals surface area contributed by atoms with Crippen LogP contribution in [0.4, 0.5) is 4.79 Å². The molecule has 0 atom stereocenters. The van der Waals surface area contributed by atoms with Crippen LogP contribution in [0.3, 0.4) is 0 Å². The first-order valence-electron chi connectivity index (χ1n) is 7.83. The van der Waals surface area contributed by atoms with Crippen molar-refractivity contribution in [2.75, 3.05) is 13.4 Å². The number of ether oxygens (including phenoxy) is 3. The molecular weight excluding hydrogens is 360 g/mol. The van der Waals surface area contributed by atoms with E-state index in [0.29, 0.717) is 16.5 Å². The van der Waals surface area contributed by atoms with Crippen LogP contribution in [-0.4, -0.2) is 19.5 Å². The molecule has 0 aliphatic rings. The van der Waals surface area contributed by atoms with Gasteiger partial charge in [0.2, 0.25) is 0 Å². The maximum atomic E-state index is 11.5. The highest BCUT2D eigenvalue weighted by Gasteiger charge is 2.15. The van der Waals surface area contributed by atoms with Gasteiger partial charge in [-0.3, -0.25) is 0 Å². The number of aryl methyl sites for hydroxylation is 2. The van der Waals surface area contributed by atoms with Crippen molar-refractivity contribution in [3.05, 3.63) is 52.0 Å². The van der Waals surface area contributed by atoms with Gasteiger partial charge in [0.25, 0.3) is 0 Å². The molecule has 0 N–H and O–H groups in total. The van der Waals surface area contributed by atoms with Crippen molar-refractivity contribution >= 4 is 29.5 Å². The third-order valence-corrected chi connectivity index (χ3v) is 4.93. The van der Waals surface area contributed by atoms with Crippen LogP contribution in [0.2, 0.25) is 5.02 Å². The van der Waals surface area contributed by atoms with Crippen LogP contribution in [-0.2, 0) is 17.8 Å². The van der Waals surface area contributed by atoms with E-state index in [9.17, 15) is 4.79 Å². The lowest BCUT2D eigenvalue weighted by molar-refractivity contribution is 0.120. The van der Waals surface area contributed by atoms with Crippen LogP contribution in [0, 0.1) is 6.92 Å². The number of thioether (sulfide) groups is 1. The molecule has 6 heteroatoms. The summed E-state index contributed by atoms with van der Waals surface area (Å²) in [6, 6.07) is 9.34. The fourth-order valence-electron chi connectivity index (χ4n) is 2.44. The predicted octanol–water partition coefficient (Wildman–Crippen LogP) is 5.66. The molecule has 0 aliphatic carbocycles. The number of carbonyl (C=O) groups is 1. The molecule has 2 aromatic carbocycles. The zero-order valence-electron chi connectivity index (χ0n) is 14.7. The van der Waals surface area contributed by atoms with Gasteiger partial charge in [-0.05, 0) is 55.0 Å². The standard InChI is InChI=1S/C19H21ClO4S/c1-5-13-10-15(20)17(9-12(13)2)23-11-14-16(24-19(21)22-3)7-6-8-18(14)25-4/h6-10H,5,11H2,1-4H3. The van der Waals surface area contributed by atoms with Crippen molar-refractivity contribution < 1.29 is 19.0 Å². The molecule has 0 radical (unpaired) electrons. The Labute approximate surface area is 157 Å². The van der Waals surface area contributed by atoms with Gasteiger partial charge in [-0.25, -0.2) is 4.79 Å². The molecule has 0 aliphatic heterocycles. The summed E-state index contributed by atoms with van der Waals surface area (Å²) in [5.41, 5.74) is 3.09. The summed E-state index contributed by atoms with van der Waals surface area (Å²) in [4.78, 5) is 12.4. The molecule has 0 heterocycles. The number of hydrogen-bond acceptors (Lipinski definition) is 5. The first kappa shape index (κ1) is 19.5. The van der Waals surface area contributed by atoms with E-state index in [2.05, 4.69) is 11.7 Å². The van der Waals surface area contributed by atoms with Crippen molar-refractivity contribution in [3.8, 4) is 11.5 Å². The van der Waals surface area contributed by atoms with E-state index in [1.165, 1.54) is 12.7 Å². The van der Waals surface area contributed by atoms with Crippen molar-refractivity contribution in [3.63, 3.8) is 0 Å². The summed E-state index contributed by atoms with van der Waals surface area (Å²) in [5, 5.41) is 0.569. The van der Waals surface area contributed by atoms with Crippen molar-refractivity contribution in [2.24, 2.45) is 0 Å². The van der Waals surface area contributed by atoms with Gasteiger partial charge in [-0.15, -0.1) is 11.8 Å². The Kier molecular flexibility index (Phi) is 7.02. The van der Waals surface area contributed by atoms with Crippen LogP contribution in [0.5, 0.6) is 11.5 Å². The average Bonchev–Trinajstić information content (AvgIpc) is 2.62. The maximum absolute atomic E-state index is 11.5. The van der Waals surface area contributed by atoms with E-state index in [1.54, 1.807) is 17.8 Å². The highest BCUT2D eigenvalue weighted by molar-refractivity contribution is 7.98. The lowest BCUT2D eigenvalue weighted by Gasteiger charge is -2.15. The molecule has 2 rings (SSSR count). The summed E-state index contributed by atoms with van der Waals surface area (Å²) in [6.07, 6.45) is 2.10. The fourth-order valence-corrected chi connectivity index (χ4v) is 3.31. The Morgan fingerprint density at radius 3 is 2.64 bits per heavy atom. The lowest BCUT2D eigenvalue weighted by Crippen LogP contribution is -2.10. The normalized spacial score (nSPS) is 10.4.